The summed E-state index contributed by atoms with van der Waals surface area (Å²) in [5, 5.41) is 3.63. The summed E-state index contributed by atoms with van der Waals surface area (Å²) in [7, 11) is 0. The first kappa shape index (κ1) is 13.4. The maximum Gasteiger partial charge on any atom is 0.0219 e. The summed E-state index contributed by atoms with van der Waals surface area (Å²) in [5.74, 6) is 0. The molecule has 2 heteroatoms. The molecule has 0 aromatic carbocycles. The molecule has 1 N–H and O–H groups in total. The van der Waals surface area contributed by atoms with Crippen molar-refractivity contribution in [1.29, 1.82) is 0 Å². The molecule has 0 aromatic rings. The van der Waals surface area contributed by atoms with Gasteiger partial charge in [-0.3, -0.25) is 4.90 Å². The van der Waals surface area contributed by atoms with Crippen molar-refractivity contribution in [3.05, 3.63) is 0 Å². The Hall–Kier alpha value is -0.0800. The van der Waals surface area contributed by atoms with E-state index in [0.717, 1.165) is 6.04 Å². The van der Waals surface area contributed by atoms with Crippen LogP contribution in [-0.4, -0.2) is 36.6 Å². The van der Waals surface area contributed by atoms with Crippen LogP contribution in [0.2, 0.25) is 0 Å². The summed E-state index contributed by atoms with van der Waals surface area (Å²) in [4.78, 5) is 2.79. The lowest BCUT2D eigenvalue weighted by Crippen LogP contribution is -2.57. The quantitative estimate of drug-likeness (QED) is 0.810. The van der Waals surface area contributed by atoms with Gasteiger partial charge in [0.2, 0.25) is 0 Å². The van der Waals surface area contributed by atoms with Crippen molar-refractivity contribution < 1.29 is 0 Å². The van der Waals surface area contributed by atoms with Gasteiger partial charge in [0.15, 0.2) is 0 Å². The summed E-state index contributed by atoms with van der Waals surface area (Å²) in [6.07, 6.45) is 8.54. The smallest absolute Gasteiger partial charge is 0.0219 e. The van der Waals surface area contributed by atoms with Gasteiger partial charge in [0.05, 0.1) is 0 Å². The highest BCUT2D eigenvalue weighted by atomic mass is 15.2. The van der Waals surface area contributed by atoms with E-state index in [1.807, 2.05) is 0 Å². The van der Waals surface area contributed by atoms with E-state index in [2.05, 4.69) is 31.0 Å². The second-order valence-electron chi connectivity index (χ2n) is 6.36. The van der Waals surface area contributed by atoms with Gasteiger partial charge in [-0.15, -0.1) is 0 Å². The van der Waals surface area contributed by atoms with Crippen LogP contribution in [0.3, 0.4) is 0 Å². The van der Waals surface area contributed by atoms with Gasteiger partial charge >= 0.3 is 0 Å². The zero-order chi connectivity index (χ0) is 12.3. The first-order valence-electron chi connectivity index (χ1n) is 7.66. The second kappa shape index (κ2) is 5.71. The maximum absolute atomic E-state index is 3.63. The largest absolute Gasteiger partial charge is 0.311 e. The fourth-order valence-corrected chi connectivity index (χ4v) is 3.81. The maximum atomic E-state index is 3.63. The summed E-state index contributed by atoms with van der Waals surface area (Å²) in [6.45, 7) is 10.9. The molecule has 0 radical (unpaired) electrons. The molecule has 1 saturated carbocycles. The number of nitrogens with one attached hydrogen (secondary N) is 1. The van der Waals surface area contributed by atoms with Crippen LogP contribution in [0.25, 0.3) is 0 Å². The summed E-state index contributed by atoms with van der Waals surface area (Å²) >= 11 is 0. The Kier molecular flexibility index (Phi) is 4.48. The topological polar surface area (TPSA) is 15.3 Å². The molecule has 1 aliphatic carbocycles. The van der Waals surface area contributed by atoms with Crippen molar-refractivity contribution in [1.82, 2.24) is 10.2 Å². The molecule has 1 aliphatic heterocycles. The highest BCUT2D eigenvalue weighted by Gasteiger charge is 2.36. The predicted molar refractivity (Wildman–Crippen MR) is 74.3 cm³/mol. The first-order chi connectivity index (χ1) is 8.19. The fraction of sp³-hybridized carbons (Fsp3) is 1.00. The molecule has 1 heterocycles. The molecule has 2 nitrogen and oxygen atoms in total. The second-order valence-corrected chi connectivity index (χ2v) is 6.36. The Morgan fingerprint density at radius 1 is 1.24 bits per heavy atom. The molecular weight excluding hydrogens is 208 g/mol. The number of rotatable bonds is 4. The third-order valence-electron chi connectivity index (χ3n) is 5.15. The van der Waals surface area contributed by atoms with Crippen LogP contribution in [0.15, 0.2) is 0 Å². The standard InChI is InChI=1S/C15H30N2/c1-4-14-10-16-13(3)11-17(14)12-15(5-2)8-6-7-9-15/h13-14,16H,4-12H2,1-3H3. The van der Waals surface area contributed by atoms with Crippen LogP contribution >= 0.6 is 0 Å². The van der Waals surface area contributed by atoms with Crippen LogP contribution in [0.5, 0.6) is 0 Å². The van der Waals surface area contributed by atoms with Crippen LogP contribution in [0, 0.1) is 5.41 Å². The van der Waals surface area contributed by atoms with E-state index in [1.54, 1.807) is 0 Å². The molecule has 1 saturated heterocycles. The van der Waals surface area contributed by atoms with Crippen molar-refractivity contribution in [3.63, 3.8) is 0 Å². The molecular formula is C15H30N2. The van der Waals surface area contributed by atoms with Crippen LogP contribution < -0.4 is 5.32 Å². The molecule has 0 aromatic heterocycles. The van der Waals surface area contributed by atoms with Crippen LogP contribution in [-0.2, 0) is 0 Å². The molecule has 2 unspecified atom stereocenters. The van der Waals surface area contributed by atoms with Gasteiger partial charge in [0, 0.05) is 31.7 Å². The molecule has 0 bridgehead atoms. The highest BCUT2D eigenvalue weighted by Crippen LogP contribution is 2.42. The van der Waals surface area contributed by atoms with E-state index in [1.165, 1.54) is 58.2 Å². The van der Waals surface area contributed by atoms with Gasteiger partial charge in [0.25, 0.3) is 0 Å². The van der Waals surface area contributed by atoms with Gasteiger partial charge in [0.1, 0.15) is 0 Å². The van der Waals surface area contributed by atoms with Crippen molar-refractivity contribution in [3.8, 4) is 0 Å². The van der Waals surface area contributed by atoms with E-state index >= 15 is 0 Å². The van der Waals surface area contributed by atoms with Crippen molar-refractivity contribution in [2.24, 2.45) is 5.41 Å². The minimum Gasteiger partial charge on any atom is -0.311 e. The Labute approximate surface area is 107 Å². The van der Waals surface area contributed by atoms with Crippen LogP contribution in [0.4, 0.5) is 0 Å². The number of hydrogen-bond donors (Lipinski definition) is 1. The van der Waals surface area contributed by atoms with E-state index in [0.29, 0.717) is 11.5 Å². The molecule has 2 aliphatic rings. The molecule has 2 atom stereocenters. The Bertz CT molecular complexity index is 233. The zero-order valence-corrected chi connectivity index (χ0v) is 12.0. The lowest BCUT2D eigenvalue weighted by Gasteiger charge is -2.44. The van der Waals surface area contributed by atoms with E-state index in [9.17, 15) is 0 Å². The first-order valence-corrected chi connectivity index (χ1v) is 7.66. The lowest BCUT2D eigenvalue weighted by atomic mass is 9.82. The number of nitrogens with zero attached hydrogens (tertiary/aromatic N) is 1. The Balaban J connectivity index is 1.98. The monoisotopic (exact) mass is 238 g/mol. The van der Waals surface area contributed by atoms with E-state index < -0.39 is 0 Å². The predicted octanol–water partition coefficient (Wildman–Crippen LogP) is 3.03. The molecule has 2 fully saturated rings. The third kappa shape index (κ3) is 3.03. The SMILES string of the molecule is CCC1CNC(C)CN1CC1(CC)CCCC1. The van der Waals surface area contributed by atoms with Gasteiger partial charge in [-0.05, 0) is 38.0 Å². The Morgan fingerprint density at radius 2 is 1.94 bits per heavy atom. The van der Waals surface area contributed by atoms with Crippen molar-refractivity contribution in [2.75, 3.05) is 19.6 Å². The van der Waals surface area contributed by atoms with Gasteiger partial charge in [-0.1, -0.05) is 26.7 Å². The number of piperazine rings is 1. The van der Waals surface area contributed by atoms with Gasteiger partial charge in [-0.25, -0.2) is 0 Å². The van der Waals surface area contributed by atoms with Gasteiger partial charge < -0.3 is 5.32 Å². The Morgan fingerprint density at radius 3 is 2.53 bits per heavy atom. The lowest BCUT2D eigenvalue weighted by molar-refractivity contribution is 0.0706. The van der Waals surface area contributed by atoms with Gasteiger partial charge in [-0.2, -0.15) is 0 Å². The molecule has 0 spiro atoms. The number of hydrogen-bond acceptors (Lipinski definition) is 2. The molecule has 100 valence electrons. The van der Waals surface area contributed by atoms with Crippen molar-refractivity contribution in [2.45, 2.75) is 71.4 Å². The molecule has 2 rings (SSSR count). The molecule has 0 amide bonds. The average molecular weight is 238 g/mol. The highest BCUT2D eigenvalue weighted by molar-refractivity contribution is 4.91. The third-order valence-corrected chi connectivity index (χ3v) is 5.15. The van der Waals surface area contributed by atoms with E-state index in [-0.39, 0.29) is 0 Å². The van der Waals surface area contributed by atoms with Crippen LogP contribution in [0.1, 0.15) is 59.3 Å². The van der Waals surface area contributed by atoms with E-state index in [4.69, 9.17) is 0 Å². The minimum absolute atomic E-state index is 0.657. The average Bonchev–Trinajstić information content (AvgIpc) is 2.79. The fourth-order valence-electron chi connectivity index (χ4n) is 3.81. The molecule has 17 heavy (non-hydrogen) atoms. The summed E-state index contributed by atoms with van der Waals surface area (Å²) in [6, 6.07) is 1.45. The zero-order valence-electron chi connectivity index (χ0n) is 12.0. The normalized spacial score (nSPS) is 34.1. The summed E-state index contributed by atoms with van der Waals surface area (Å²) in [5.41, 5.74) is 0.657. The summed E-state index contributed by atoms with van der Waals surface area (Å²) < 4.78 is 0. The minimum atomic E-state index is 0.657. The van der Waals surface area contributed by atoms with Crippen molar-refractivity contribution >= 4 is 0 Å².